The summed E-state index contributed by atoms with van der Waals surface area (Å²) in [6.07, 6.45) is 54.5. The molecule has 0 aliphatic rings. The number of nitrogens with one attached hydrogen (secondary N) is 1. The zero-order valence-corrected chi connectivity index (χ0v) is 43.0. The fourth-order valence-electron chi connectivity index (χ4n) is 8.22. The molecule has 0 saturated carbocycles. The number of carbonyl (C=O) groups excluding carboxylic acids is 1. The van der Waals surface area contributed by atoms with E-state index in [0.717, 1.165) is 32.1 Å². The molecule has 370 valence electrons. The molecule has 0 spiro atoms. The number of aliphatic hydroxyl groups is 1. The molecule has 3 atom stereocenters. The zero-order valence-electron chi connectivity index (χ0n) is 42.1. The summed E-state index contributed by atoms with van der Waals surface area (Å²) in [5, 5.41) is 13.9. The van der Waals surface area contributed by atoms with E-state index in [-0.39, 0.29) is 19.1 Å². The number of phosphoric ester groups is 1. The first kappa shape index (κ1) is 61.2. The molecule has 0 aliphatic carbocycles. The van der Waals surface area contributed by atoms with Crippen molar-refractivity contribution in [2.75, 3.05) is 40.9 Å². The maximum Gasteiger partial charge on any atom is 0.472 e. The van der Waals surface area contributed by atoms with Crippen molar-refractivity contribution in [3.05, 3.63) is 12.2 Å². The van der Waals surface area contributed by atoms with Crippen LogP contribution >= 0.6 is 7.82 Å². The van der Waals surface area contributed by atoms with Gasteiger partial charge >= 0.3 is 7.82 Å². The van der Waals surface area contributed by atoms with Gasteiger partial charge in [0.25, 0.3) is 0 Å². The van der Waals surface area contributed by atoms with Gasteiger partial charge in [-0.05, 0) is 19.3 Å². The van der Waals surface area contributed by atoms with Crippen LogP contribution in [0.4, 0.5) is 0 Å². The summed E-state index contributed by atoms with van der Waals surface area (Å²) in [5.41, 5.74) is 0. The average molecular weight is 900 g/mol. The predicted molar refractivity (Wildman–Crippen MR) is 268 cm³/mol. The Labute approximate surface area is 386 Å². The molecule has 3 unspecified atom stereocenters. The number of carbonyl (C=O) groups is 1. The molecule has 0 aromatic heterocycles. The molecule has 0 aromatic carbocycles. The fourth-order valence-corrected chi connectivity index (χ4v) is 8.96. The van der Waals surface area contributed by atoms with Crippen molar-refractivity contribution in [2.45, 2.75) is 283 Å². The van der Waals surface area contributed by atoms with E-state index in [1.54, 1.807) is 6.08 Å². The van der Waals surface area contributed by atoms with Crippen molar-refractivity contribution in [1.82, 2.24) is 5.32 Å². The first-order valence-electron chi connectivity index (χ1n) is 27.1. The van der Waals surface area contributed by atoms with E-state index in [0.29, 0.717) is 17.4 Å². The van der Waals surface area contributed by atoms with E-state index in [1.165, 1.54) is 218 Å². The minimum atomic E-state index is -4.34. The molecule has 0 rings (SSSR count). The molecule has 9 heteroatoms. The number of phosphoric acid groups is 1. The molecular weight excluding hydrogens is 792 g/mol. The molecular formula is C53H108N2O6P+. The molecule has 0 heterocycles. The first-order valence-corrected chi connectivity index (χ1v) is 28.6. The summed E-state index contributed by atoms with van der Waals surface area (Å²) >= 11 is 0. The SMILES string of the molecule is CCCCCCCCCCCCCCCCCCCCCCCCCC/C=C/C(O)C(COP(=O)(O)OCC[N+](C)(C)C)NC(=O)CCCCCCCCCCCCCCCC. The second kappa shape index (κ2) is 45.4. The van der Waals surface area contributed by atoms with Crippen molar-refractivity contribution in [2.24, 2.45) is 0 Å². The standard InChI is InChI=1S/C53H107N2O6P/c1-6-8-10-12-14-16-18-20-22-23-24-25-26-27-28-29-30-31-32-33-34-36-38-40-42-44-46-52(56)51(50-61-62(58,59)60-49-48-55(3,4)5)54-53(57)47-45-43-41-39-37-35-21-19-17-15-13-11-9-7-2/h44,46,51-52,56H,6-43,45,47-50H2,1-5H3,(H-,54,57,58,59)/p+1/b46-44+. The second-order valence-corrected chi connectivity index (χ2v) is 21.4. The Bertz CT molecular complexity index is 1020. The van der Waals surface area contributed by atoms with Crippen molar-refractivity contribution in [1.29, 1.82) is 0 Å². The van der Waals surface area contributed by atoms with Gasteiger partial charge in [0.1, 0.15) is 13.2 Å². The number of likely N-dealkylation sites (N-methyl/N-ethyl adjacent to an activating group) is 1. The Morgan fingerprint density at radius 1 is 0.532 bits per heavy atom. The van der Waals surface area contributed by atoms with E-state index in [1.807, 2.05) is 27.2 Å². The van der Waals surface area contributed by atoms with Crippen molar-refractivity contribution >= 4 is 13.7 Å². The van der Waals surface area contributed by atoms with Gasteiger partial charge in [0, 0.05) is 6.42 Å². The van der Waals surface area contributed by atoms with Crippen LogP contribution in [0.1, 0.15) is 271 Å². The zero-order chi connectivity index (χ0) is 45.7. The summed E-state index contributed by atoms with van der Waals surface area (Å²) in [6.45, 7) is 4.85. The van der Waals surface area contributed by atoms with Crippen LogP contribution < -0.4 is 5.32 Å². The van der Waals surface area contributed by atoms with E-state index < -0.39 is 20.0 Å². The third kappa shape index (κ3) is 47.2. The molecule has 0 bridgehead atoms. The molecule has 0 saturated heterocycles. The third-order valence-corrected chi connectivity index (χ3v) is 13.5. The van der Waals surface area contributed by atoms with Gasteiger partial charge in [0.2, 0.25) is 5.91 Å². The smallest absolute Gasteiger partial charge is 0.387 e. The number of hydrogen-bond acceptors (Lipinski definition) is 5. The van der Waals surface area contributed by atoms with Gasteiger partial charge in [-0.3, -0.25) is 13.8 Å². The third-order valence-electron chi connectivity index (χ3n) is 12.5. The molecule has 62 heavy (non-hydrogen) atoms. The van der Waals surface area contributed by atoms with Crippen LogP contribution in [0.5, 0.6) is 0 Å². The van der Waals surface area contributed by atoms with Gasteiger partial charge in [-0.2, -0.15) is 0 Å². The minimum Gasteiger partial charge on any atom is -0.387 e. The van der Waals surface area contributed by atoms with Crippen molar-refractivity contribution in [3.8, 4) is 0 Å². The lowest BCUT2D eigenvalue weighted by Gasteiger charge is -2.25. The van der Waals surface area contributed by atoms with Crippen molar-refractivity contribution in [3.63, 3.8) is 0 Å². The number of hydrogen-bond donors (Lipinski definition) is 3. The highest BCUT2D eigenvalue weighted by atomic mass is 31.2. The van der Waals surface area contributed by atoms with Crippen LogP contribution in [-0.4, -0.2) is 73.4 Å². The molecule has 0 fully saturated rings. The number of unbranched alkanes of at least 4 members (excludes halogenated alkanes) is 37. The maximum atomic E-state index is 12.9. The van der Waals surface area contributed by atoms with Crippen LogP contribution in [-0.2, 0) is 18.4 Å². The van der Waals surface area contributed by atoms with Crippen LogP contribution in [0.2, 0.25) is 0 Å². The molecule has 0 aliphatic heterocycles. The van der Waals surface area contributed by atoms with E-state index in [9.17, 15) is 19.4 Å². The fraction of sp³-hybridized carbons (Fsp3) is 0.943. The topological polar surface area (TPSA) is 105 Å². The Balaban J connectivity index is 4.17. The highest BCUT2D eigenvalue weighted by molar-refractivity contribution is 7.47. The lowest BCUT2D eigenvalue weighted by molar-refractivity contribution is -0.870. The van der Waals surface area contributed by atoms with E-state index in [2.05, 4.69) is 19.2 Å². The number of aliphatic hydroxyl groups excluding tert-OH is 1. The number of rotatable bonds is 50. The van der Waals surface area contributed by atoms with Gasteiger partial charge < -0.3 is 19.8 Å². The van der Waals surface area contributed by atoms with Crippen LogP contribution in [0.25, 0.3) is 0 Å². The van der Waals surface area contributed by atoms with Crippen LogP contribution in [0.3, 0.4) is 0 Å². The average Bonchev–Trinajstić information content (AvgIpc) is 3.23. The second-order valence-electron chi connectivity index (χ2n) is 20.0. The lowest BCUT2D eigenvalue weighted by atomic mass is 10.0. The first-order chi connectivity index (χ1) is 30.0. The van der Waals surface area contributed by atoms with Gasteiger partial charge in [-0.25, -0.2) is 4.57 Å². The Morgan fingerprint density at radius 3 is 1.19 bits per heavy atom. The molecule has 0 radical (unpaired) electrons. The Hall–Kier alpha value is -0.760. The summed E-state index contributed by atoms with van der Waals surface area (Å²) in [4.78, 5) is 23.2. The van der Waals surface area contributed by atoms with Gasteiger partial charge in [0.15, 0.2) is 0 Å². The van der Waals surface area contributed by atoms with Gasteiger partial charge in [0.05, 0.1) is 39.9 Å². The number of allylic oxidation sites excluding steroid dienone is 1. The van der Waals surface area contributed by atoms with Gasteiger partial charge in [-0.1, -0.05) is 257 Å². The predicted octanol–water partition coefficient (Wildman–Crippen LogP) is 15.9. The summed E-state index contributed by atoms with van der Waals surface area (Å²) in [7, 11) is 1.59. The normalized spacial score (nSPS) is 14.1. The quantitative estimate of drug-likeness (QED) is 0.0243. The van der Waals surface area contributed by atoms with E-state index >= 15 is 0 Å². The monoisotopic (exact) mass is 900 g/mol. The number of quaternary nitrogens is 1. The van der Waals surface area contributed by atoms with Crippen LogP contribution in [0, 0.1) is 0 Å². The molecule has 0 aromatic rings. The Morgan fingerprint density at radius 2 is 0.855 bits per heavy atom. The summed E-state index contributed by atoms with van der Waals surface area (Å²) in [6, 6.07) is -0.841. The highest BCUT2D eigenvalue weighted by Gasteiger charge is 2.27. The molecule has 3 N–H and O–H groups in total. The highest BCUT2D eigenvalue weighted by Crippen LogP contribution is 2.43. The minimum absolute atomic E-state index is 0.0650. The van der Waals surface area contributed by atoms with Crippen molar-refractivity contribution < 1.29 is 32.9 Å². The van der Waals surface area contributed by atoms with Gasteiger partial charge in [-0.15, -0.1) is 0 Å². The largest absolute Gasteiger partial charge is 0.472 e. The summed E-state index contributed by atoms with van der Waals surface area (Å²) in [5.74, 6) is -0.172. The molecule has 1 amide bonds. The summed E-state index contributed by atoms with van der Waals surface area (Å²) < 4.78 is 23.7. The Kier molecular flexibility index (Phi) is 44.8. The number of amides is 1. The lowest BCUT2D eigenvalue weighted by Crippen LogP contribution is -2.45. The van der Waals surface area contributed by atoms with Crippen LogP contribution in [0.15, 0.2) is 12.2 Å². The number of nitrogens with zero attached hydrogens (tertiary/aromatic N) is 1. The maximum absolute atomic E-state index is 12.9. The molecule has 8 nitrogen and oxygen atoms in total. The van der Waals surface area contributed by atoms with E-state index in [4.69, 9.17) is 9.05 Å².